The molecule has 0 fully saturated rings. The smallest absolute Gasteiger partial charge is 0.262 e. The number of ether oxygens (including phenoxy) is 2. The van der Waals surface area contributed by atoms with Gasteiger partial charge in [0, 0.05) is 22.3 Å². The molecule has 2 N–H and O–H groups in total. The number of amides is 2. The molecule has 0 spiro atoms. The molecule has 6 nitrogen and oxygen atoms in total. The predicted molar refractivity (Wildman–Crippen MR) is 125 cm³/mol. The van der Waals surface area contributed by atoms with E-state index < -0.39 is 11.7 Å². The summed E-state index contributed by atoms with van der Waals surface area (Å²) < 4.78 is 23.9. The van der Waals surface area contributed by atoms with Crippen LogP contribution in [0.2, 0.25) is 0 Å². The van der Waals surface area contributed by atoms with Gasteiger partial charge in [-0.2, -0.15) is 0 Å². The van der Waals surface area contributed by atoms with E-state index in [9.17, 15) is 14.0 Å². The molecule has 2 amide bonds. The van der Waals surface area contributed by atoms with Crippen LogP contribution in [0.25, 0.3) is 10.8 Å². The minimum Gasteiger partial charge on any atom is -0.493 e. The second-order valence-electron chi connectivity index (χ2n) is 7.19. The van der Waals surface area contributed by atoms with E-state index in [0.717, 1.165) is 10.8 Å². The molecule has 4 aromatic rings. The third kappa shape index (κ3) is 5.27. The Kier molecular flexibility index (Phi) is 6.50. The fourth-order valence-electron chi connectivity index (χ4n) is 3.33. The van der Waals surface area contributed by atoms with Crippen molar-refractivity contribution >= 4 is 34.0 Å². The van der Waals surface area contributed by atoms with E-state index >= 15 is 0 Å². The first kappa shape index (κ1) is 21.8. The van der Waals surface area contributed by atoms with Crippen LogP contribution in [-0.4, -0.2) is 25.5 Å². The number of hydrogen-bond donors (Lipinski definition) is 2. The predicted octanol–water partition coefficient (Wildman–Crippen LogP) is 5.26. The fourth-order valence-corrected chi connectivity index (χ4v) is 3.33. The SMILES string of the molecule is COc1cc(C(=O)Nc2cccc3ccccc23)ccc1OCC(=O)Nc1ccc(F)cc1. The molecule has 0 saturated carbocycles. The fraction of sp³-hybridized carbons (Fsp3) is 0.0769. The quantitative estimate of drug-likeness (QED) is 0.408. The molecule has 0 radical (unpaired) electrons. The molecule has 7 heteroatoms. The number of nitrogens with one attached hydrogen (secondary N) is 2. The highest BCUT2D eigenvalue weighted by Crippen LogP contribution is 2.29. The molecule has 0 heterocycles. The second kappa shape index (κ2) is 9.82. The van der Waals surface area contributed by atoms with Gasteiger partial charge in [-0.05, 0) is 53.9 Å². The highest BCUT2D eigenvalue weighted by molar-refractivity contribution is 6.09. The summed E-state index contributed by atoms with van der Waals surface area (Å²) in [4.78, 5) is 25.0. The van der Waals surface area contributed by atoms with Gasteiger partial charge >= 0.3 is 0 Å². The summed E-state index contributed by atoms with van der Waals surface area (Å²) in [5.41, 5.74) is 1.54. The van der Waals surface area contributed by atoms with Crippen molar-refractivity contribution in [1.29, 1.82) is 0 Å². The number of fused-ring (bicyclic) bond motifs is 1. The molecule has 0 saturated heterocycles. The number of rotatable bonds is 7. The first-order chi connectivity index (χ1) is 16.0. The molecular weight excluding hydrogens is 423 g/mol. The Balaban J connectivity index is 1.43. The number of anilines is 2. The molecule has 0 aliphatic heterocycles. The Labute approximate surface area is 190 Å². The van der Waals surface area contributed by atoms with Crippen molar-refractivity contribution in [2.24, 2.45) is 0 Å². The van der Waals surface area contributed by atoms with Gasteiger partial charge in [0.2, 0.25) is 0 Å². The van der Waals surface area contributed by atoms with E-state index in [-0.39, 0.29) is 12.5 Å². The lowest BCUT2D eigenvalue weighted by Crippen LogP contribution is -2.20. The highest BCUT2D eigenvalue weighted by atomic mass is 19.1. The van der Waals surface area contributed by atoms with Crippen LogP contribution >= 0.6 is 0 Å². The first-order valence-electron chi connectivity index (χ1n) is 10.2. The third-order valence-corrected chi connectivity index (χ3v) is 4.95. The summed E-state index contributed by atoms with van der Waals surface area (Å²) in [6.45, 7) is -0.282. The molecule has 0 aliphatic rings. The van der Waals surface area contributed by atoms with Gasteiger partial charge in [-0.15, -0.1) is 0 Å². The number of halogens is 1. The molecule has 0 aliphatic carbocycles. The lowest BCUT2D eigenvalue weighted by atomic mass is 10.1. The average Bonchev–Trinajstić information content (AvgIpc) is 2.84. The Morgan fingerprint density at radius 1 is 0.848 bits per heavy atom. The van der Waals surface area contributed by atoms with Crippen LogP contribution in [0.3, 0.4) is 0 Å². The molecule has 0 unspecified atom stereocenters. The van der Waals surface area contributed by atoms with Crippen LogP contribution in [0, 0.1) is 5.82 Å². The van der Waals surface area contributed by atoms with Gasteiger partial charge in [-0.25, -0.2) is 4.39 Å². The molecule has 166 valence electrons. The maximum absolute atomic E-state index is 13.0. The van der Waals surface area contributed by atoms with Crippen LogP contribution in [-0.2, 0) is 4.79 Å². The molecule has 0 aromatic heterocycles. The zero-order chi connectivity index (χ0) is 23.2. The molecule has 4 rings (SSSR count). The average molecular weight is 444 g/mol. The van der Waals surface area contributed by atoms with Crippen LogP contribution < -0.4 is 20.1 Å². The van der Waals surface area contributed by atoms with Gasteiger partial charge < -0.3 is 20.1 Å². The third-order valence-electron chi connectivity index (χ3n) is 4.95. The van der Waals surface area contributed by atoms with Crippen molar-refractivity contribution in [3.8, 4) is 11.5 Å². The van der Waals surface area contributed by atoms with Crippen LogP contribution in [0.5, 0.6) is 11.5 Å². The van der Waals surface area contributed by atoms with E-state index in [4.69, 9.17) is 9.47 Å². The van der Waals surface area contributed by atoms with Crippen molar-refractivity contribution < 1.29 is 23.5 Å². The molecule has 4 aromatic carbocycles. The van der Waals surface area contributed by atoms with Gasteiger partial charge in [-0.3, -0.25) is 9.59 Å². The summed E-state index contributed by atoms with van der Waals surface area (Å²) in [6.07, 6.45) is 0. The zero-order valence-corrected chi connectivity index (χ0v) is 17.8. The lowest BCUT2D eigenvalue weighted by Gasteiger charge is -2.13. The molecular formula is C26H21FN2O4. The second-order valence-corrected chi connectivity index (χ2v) is 7.19. The molecule has 0 atom stereocenters. The summed E-state index contributed by atoms with van der Waals surface area (Å²) >= 11 is 0. The Bertz CT molecular complexity index is 1300. The van der Waals surface area contributed by atoms with Gasteiger partial charge in [0.25, 0.3) is 11.8 Å². The maximum atomic E-state index is 13.0. The topological polar surface area (TPSA) is 76.7 Å². The van der Waals surface area contributed by atoms with Crippen molar-refractivity contribution in [2.75, 3.05) is 24.4 Å². The van der Waals surface area contributed by atoms with Crippen LogP contribution in [0.1, 0.15) is 10.4 Å². The Morgan fingerprint density at radius 3 is 2.39 bits per heavy atom. The number of carbonyl (C=O) groups is 2. The number of methoxy groups -OCH3 is 1. The monoisotopic (exact) mass is 444 g/mol. The zero-order valence-electron chi connectivity index (χ0n) is 17.8. The Hall–Kier alpha value is -4.39. The van der Waals surface area contributed by atoms with Crippen molar-refractivity contribution in [1.82, 2.24) is 0 Å². The molecule has 33 heavy (non-hydrogen) atoms. The van der Waals surface area contributed by atoms with Gasteiger partial charge in [0.05, 0.1) is 7.11 Å². The van der Waals surface area contributed by atoms with Gasteiger partial charge in [0.15, 0.2) is 18.1 Å². The van der Waals surface area contributed by atoms with E-state index in [1.807, 2.05) is 42.5 Å². The first-order valence-corrected chi connectivity index (χ1v) is 10.2. The lowest BCUT2D eigenvalue weighted by molar-refractivity contribution is -0.118. The summed E-state index contributed by atoms with van der Waals surface area (Å²) in [5.74, 6) is -0.478. The van der Waals surface area contributed by atoms with Crippen molar-refractivity contribution in [2.45, 2.75) is 0 Å². The van der Waals surface area contributed by atoms with E-state index in [1.165, 1.54) is 31.4 Å². The largest absolute Gasteiger partial charge is 0.493 e. The maximum Gasteiger partial charge on any atom is 0.262 e. The van der Waals surface area contributed by atoms with E-state index in [2.05, 4.69) is 10.6 Å². The summed E-state index contributed by atoms with van der Waals surface area (Å²) in [7, 11) is 1.45. The van der Waals surface area contributed by atoms with Crippen LogP contribution in [0.4, 0.5) is 15.8 Å². The summed E-state index contributed by atoms with van der Waals surface area (Å²) in [5, 5.41) is 7.50. The van der Waals surface area contributed by atoms with Crippen molar-refractivity contribution in [3.63, 3.8) is 0 Å². The van der Waals surface area contributed by atoms with E-state index in [0.29, 0.717) is 28.4 Å². The molecule has 0 bridgehead atoms. The minimum atomic E-state index is -0.415. The van der Waals surface area contributed by atoms with Crippen molar-refractivity contribution in [3.05, 3.63) is 96.3 Å². The number of benzene rings is 4. The number of carbonyl (C=O) groups excluding carboxylic acids is 2. The highest BCUT2D eigenvalue weighted by Gasteiger charge is 2.14. The normalized spacial score (nSPS) is 10.5. The van der Waals surface area contributed by atoms with Gasteiger partial charge in [-0.1, -0.05) is 36.4 Å². The summed E-state index contributed by atoms with van der Waals surface area (Å²) in [6, 6.07) is 23.6. The standard InChI is InChI=1S/C26H21FN2O4/c1-32-24-15-18(26(31)29-22-8-4-6-17-5-2-3-7-21(17)22)9-14-23(24)33-16-25(30)28-20-12-10-19(27)11-13-20/h2-15H,16H2,1H3,(H,28,30)(H,29,31). The Morgan fingerprint density at radius 2 is 1.61 bits per heavy atom. The van der Waals surface area contributed by atoms with E-state index in [1.54, 1.807) is 18.2 Å². The van der Waals surface area contributed by atoms with Crippen LogP contribution in [0.15, 0.2) is 84.9 Å². The number of hydrogen-bond acceptors (Lipinski definition) is 4. The van der Waals surface area contributed by atoms with Gasteiger partial charge in [0.1, 0.15) is 5.82 Å². The minimum absolute atomic E-state index is 0.282.